The molecule has 1 unspecified atom stereocenters. The molecule has 0 fully saturated rings. The Morgan fingerprint density at radius 3 is 3.06 bits per heavy atom. The van der Waals surface area contributed by atoms with Crippen molar-refractivity contribution < 1.29 is 0 Å². The van der Waals surface area contributed by atoms with Gasteiger partial charge in [0.05, 0.1) is 12.0 Å². The number of nitrogens with zero attached hydrogens (tertiary/aromatic N) is 3. The summed E-state index contributed by atoms with van der Waals surface area (Å²) < 4.78 is 3.13. The van der Waals surface area contributed by atoms with E-state index in [-0.39, 0.29) is 11.3 Å². The van der Waals surface area contributed by atoms with Gasteiger partial charge in [-0.25, -0.2) is 4.98 Å². The second kappa shape index (κ2) is 3.33. The maximum Gasteiger partial charge on any atom is 0.138 e. The molecule has 3 rings (SSSR count). The third-order valence-electron chi connectivity index (χ3n) is 3.50. The van der Waals surface area contributed by atoms with Crippen molar-refractivity contribution >= 4 is 21.6 Å². The summed E-state index contributed by atoms with van der Waals surface area (Å²) in [6, 6.07) is 4.38. The Kier molecular flexibility index (Phi) is 2.11. The molecule has 4 heteroatoms. The smallest absolute Gasteiger partial charge is 0.138 e. The molecule has 0 radical (unpaired) electrons. The van der Waals surface area contributed by atoms with E-state index in [9.17, 15) is 5.26 Å². The van der Waals surface area contributed by atoms with Crippen LogP contribution in [0.5, 0.6) is 0 Å². The van der Waals surface area contributed by atoms with Gasteiger partial charge in [-0.15, -0.1) is 0 Å². The summed E-state index contributed by atoms with van der Waals surface area (Å²) in [5.74, 6) is -0.0296. The van der Waals surface area contributed by atoms with Gasteiger partial charge in [0.2, 0.25) is 0 Å². The topological polar surface area (TPSA) is 41.1 Å². The summed E-state index contributed by atoms with van der Waals surface area (Å²) in [6.45, 7) is 4.38. The second-order valence-electron chi connectivity index (χ2n) is 5.22. The van der Waals surface area contributed by atoms with Crippen molar-refractivity contribution in [3.8, 4) is 6.07 Å². The maximum atomic E-state index is 9.23. The number of hydrogen-bond acceptors (Lipinski definition) is 2. The van der Waals surface area contributed by atoms with Crippen molar-refractivity contribution in [3.63, 3.8) is 0 Å². The van der Waals surface area contributed by atoms with E-state index >= 15 is 0 Å². The second-order valence-corrected chi connectivity index (χ2v) is 6.13. The third kappa shape index (κ3) is 1.42. The lowest BCUT2D eigenvalue weighted by molar-refractivity contribution is 0.491. The van der Waals surface area contributed by atoms with E-state index in [1.54, 1.807) is 0 Å². The fourth-order valence-corrected chi connectivity index (χ4v) is 3.25. The van der Waals surface area contributed by atoms with Crippen molar-refractivity contribution in [2.24, 2.45) is 0 Å². The number of fused-ring (bicyclic) bond motifs is 3. The lowest BCUT2D eigenvalue weighted by Crippen LogP contribution is -2.16. The molecule has 2 aromatic rings. The van der Waals surface area contributed by atoms with Crippen LogP contribution in [0.25, 0.3) is 5.65 Å². The number of nitriles is 1. The Hall–Kier alpha value is -1.34. The van der Waals surface area contributed by atoms with Gasteiger partial charge in [-0.2, -0.15) is 5.26 Å². The molecule has 0 aliphatic heterocycles. The zero-order valence-electron chi connectivity index (χ0n) is 9.74. The summed E-state index contributed by atoms with van der Waals surface area (Å²) >= 11 is 3.48. The molecule has 1 aliphatic carbocycles. The van der Waals surface area contributed by atoms with E-state index in [0.717, 1.165) is 22.1 Å². The molecule has 0 amide bonds. The zero-order chi connectivity index (χ0) is 12.2. The molecule has 0 spiro atoms. The third-order valence-corrected chi connectivity index (χ3v) is 3.94. The molecule has 0 N–H and O–H groups in total. The van der Waals surface area contributed by atoms with Gasteiger partial charge in [-0.1, -0.05) is 13.8 Å². The van der Waals surface area contributed by atoms with Gasteiger partial charge in [0.1, 0.15) is 5.65 Å². The molecular weight excluding hydrogens is 278 g/mol. The lowest BCUT2D eigenvalue weighted by Gasteiger charge is -2.20. The van der Waals surface area contributed by atoms with E-state index in [1.807, 2.05) is 18.5 Å². The van der Waals surface area contributed by atoms with Crippen molar-refractivity contribution in [3.05, 3.63) is 34.2 Å². The fourth-order valence-electron chi connectivity index (χ4n) is 2.84. The SMILES string of the molecule is CC1(C)CC(C#N)c2cnc3cc(Br)cn3c21. The highest BCUT2D eigenvalue weighted by Gasteiger charge is 2.39. The van der Waals surface area contributed by atoms with Gasteiger partial charge < -0.3 is 4.40 Å². The highest BCUT2D eigenvalue weighted by molar-refractivity contribution is 9.10. The predicted octanol–water partition coefficient (Wildman–Crippen LogP) is 3.39. The molecule has 1 aliphatic rings. The van der Waals surface area contributed by atoms with Crippen LogP contribution in [-0.2, 0) is 5.41 Å². The summed E-state index contributed by atoms with van der Waals surface area (Å²) in [5, 5.41) is 9.23. The fraction of sp³-hybridized carbons (Fsp3) is 0.385. The molecular formula is C13H12BrN3. The van der Waals surface area contributed by atoms with Gasteiger partial charge in [0.25, 0.3) is 0 Å². The molecule has 0 saturated heterocycles. The molecule has 17 heavy (non-hydrogen) atoms. The number of rotatable bonds is 0. The maximum absolute atomic E-state index is 9.23. The highest BCUT2D eigenvalue weighted by Crippen LogP contribution is 2.45. The van der Waals surface area contributed by atoms with Crippen LogP contribution in [0.15, 0.2) is 22.9 Å². The minimum atomic E-state index is -0.0296. The van der Waals surface area contributed by atoms with Crippen LogP contribution in [0, 0.1) is 11.3 Å². The summed E-state index contributed by atoms with van der Waals surface area (Å²) in [6.07, 6.45) is 4.76. The standard InChI is InChI=1S/C13H12BrN3/c1-13(2)4-8(5-15)10-6-16-11-3-9(14)7-17(11)12(10)13/h3,6-8H,4H2,1-2H3. The normalized spacial score (nSPS) is 21.4. The van der Waals surface area contributed by atoms with Crippen LogP contribution in [-0.4, -0.2) is 9.38 Å². The van der Waals surface area contributed by atoms with Crippen LogP contribution >= 0.6 is 15.9 Å². The average molecular weight is 290 g/mol. The Balaban J connectivity index is 2.40. The molecule has 86 valence electrons. The van der Waals surface area contributed by atoms with Crippen LogP contribution in [0.3, 0.4) is 0 Å². The Bertz CT molecular complexity index is 648. The average Bonchev–Trinajstić information content (AvgIpc) is 2.75. The first-order chi connectivity index (χ1) is 8.03. The van der Waals surface area contributed by atoms with Crippen molar-refractivity contribution in [1.82, 2.24) is 9.38 Å². The Labute approximate surface area is 108 Å². The van der Waals surface area contributed by atoms with Crippen molar-refractivity contribution in [2.45, 2.75) is 31.6 Å². The highest BCUT2D eigenvalue weighted by atomic mass is 79.9. The van der Waals surface area contributed by atoms with Crippen LogP contribution < -0.4 is 0 Å². The summed E-state index contributed by atoms with van der Waals surface area (Å²) in [7, 11) is 0. The quantitative estimate of drug-likeness (QED) is 0.746. The van der Waals surface area contributed by atoms with Gasteiger partial charge in [0, 0.05) is 33.5 Å². The van der Waals surface area contributed by atoms with E-state index in [4.69, 9.17) is 0 Å². The van der Waals surface area contributed by atoms with Crippen LogP contribution in [0.4, 0.5) is 0 Å². The van der Waals surface area contributed by atoms with E-state index in [1.165, 1.54) is 5.69 Å². The zero-order valence-corrected chi connectivity index (χ0v) is 11.3. The van der Waals surface area contributed by atoms with Gasteiger partial charge in [-0.3, -0.25) is 0 Å². The first-order valence-electron chi connectivity index (χ1n) is 5.59. The number of aromatic nitrogens is 2. The molecule has 1 atom stereocenters. The van der Waals surface area contributed by atoms with Crippen LogP contribution in [0.2, 0.25) is 0 Å². The molecule has 0 saturated carbocycles. The van der Waals surface area contributed by atoms with Gasteiger partial charge in [-0.05, 0) is 28.4 Å². The van der Waals surface area contributed by atoms with Crippen molar-refractivity contribution in [2.75, 3.05) is 0 Å². The van der Waals surface area contributed by atoms with Crippen molar-refractivity contribution in [1.29, 1.82) is 5.26 Å². The Morgan fingerprint density at radius 2 is 2.35 bits per heavy atom. The lowest BCUT2D eigenvalue weighted by atomic mass is 9.89. The molecule has 3 nitrogen and oxygen atoms in total. The first-order valence-corrected chi connectivity index (χ1v) is 6.39. The molecule has 0 aromatic carbocycles. The number of hydrogen-bond donors (Lipinski definition) is 0. The monoisotopic (exact) mass is 289 g/mol. The van der Waals surface area contributed by atoms with E-state index in [2.05, 4.69) is 45.2 Å². The molecule has 0 bridgehead atoms. The molecule has 2 aromatic heterocycles. The minimum Gasteiger partial charge on any atom is -0.304 e. The predicted molar refractivity (Wildman–Crippen MR) is 68.9 cm³/mol. The van der Waals surface area contributed by atoms with E-state index < -0.39 is 0 Å². The summed E-state index contributed by atoms with van der Waals surface area (Å²) in [5.41, 5.74) is 3.25. The Morgan fingerprint density at radius 1 is 1.59 bits per heavy atom. The van der Waals surface area contributed by atoms with E-state index in [0.29, 0.717) is 0 Å². The minimum absolute atomic E-state index is 0.0232. The summed E-state index contributed by atoms with van der Waals surface area (Å²) in [4.78, 5) is 4.42. The van der Waals surface area contributed by atoms with Gasteiger partial charge >= 0.3 is 0 Å². The first kappa shape index (κ1) is 10.8. The van der Waals surface area contributed by atoms with Gasteiger partial charge in [0.15, 0.2) is 0 Å². The van der Waals surface area contributed by atoms with Crippen LogP contribution in [0.1, 0.15) is 37.4 Å². The molecule has 2 heterocycles. The largest absolute Gasteiger partial charge is 0.304 e. The number of halogens is 1.